The van der Waals surface area contributed by atoms with Gasteiger partial charge in [0.25, 0.3) is 0 Å². The van der Waals surface area contributed by atoms with Crippen LogP contribution in [0.4, 0.5) is 0 Å². The maximum absolute atomic E-state index is 11.2. The highest BCUT2D eigenvalue weighted by atomic mass is 16.5. The number of nitrogens with two attached hydrogens (primary N) is 1. The number of ether oxygens (including phenoxy) is 1. The molecule has 17 heavy (non-hydrogen) atoms. The average molecular weight is 239 g/mol. The van der Waals surface area contributed by atoms with E-state index in [0.29, 0.717) is 12.6 Å². The number of aliphatic hydroxyl groups is 1. The maximum Gasteiger partial charge on any atom is 0.0741 e. The Balaban J connectivity index is 1.88. The van der Waals surface area contributed by atoms with E-state index < -0.39 is 5.60 Å². The zero-order valence-corrected chi connectivity index (χ0v) is 10.7. The minimum Gasteiger partial charge on any atom is -0.389 e. The quantitative estimate of drug-likeness (QED) is 0.724. The van der Waals surface area contributed by atoms with Gasteiger partial charge in [0, 0.05) is 12.0 Å². The lowest BCUT2D eigenvalue weighted by Crippen LogP contribution is -2.57. The van der Waals surface area contributed by atoms with E-state index in [2.05, 4.69) is 0 Å². The molecule has 3 atom stereocenters. The Morgan fingerprint density at radius 2 is 1.82 bits per heavy atom. The predicted octanol–water partition coefficient (Wildman–Crippen LogP) is 1.97. The molecule has 0 aromatic carbocycles. The molecule has 0 aromatic rings. The second-order valence-corrected chi connectivity index (χ2v) is 6.33. The summed E-state index contributed by atoms with van der Waals surface area (Å²) in [6.45, 7) is 0.588. The van der Waals surface area contributed by atoms with Crippen LogP contribution in [0.2, 0.25) is 0 Å². The van der Waals surface area contributed by atoms with E-state index >= 15 is 0 Å². The summed E-state index contributed by atoms with van der Waals surface area (Å²) in [4.78, 5) is 0. The van der Waals surface area contributed by atoms with Crippen molar-refractivity contribution in [1.82, 2.24) is 0 Å². The van der Waals surface area contributed by atoms with Crippen molar-refractivity contribution in [2.75, 3.05) is 6.54 Å². The lowest BCUT2D eigenvalue weighted by molar-refractivity contribution is -0.120. The molecule has 1 aliphatic carbocycles. The first-order valence-electron chi connectivity index (χ1n) is 7.28. The Bertz CT molecular complexity index is 286. The molecule has 3 fully saturated rings. The molecule has 3 aliphatic rings. The molecule has 1 saturated carbocycles. The Kier molecular flexibility index (Phi) is 2.96. The van der Waals surface area contributed by atoms with Gasteiger partial charge in [-0.05, 0) is 32.1 Å². The van der Waals surface area contributed by atoms with E-state index in [1.165, 1.54) is 19.3 Å². The van der Waals surface area contributed by atoms with Gasteiger partial charge in [0.15, 0.2) is 0 Å². The fraction of sp³-hybridized carbons (Fsp3) is 1.00. The normalized spacial score (nSPS) is 44.8. The van der Waals surface area contributed by atoms with Gasteiger partial charge in [0.2, 0.25) is 0 Å². The Labute approximate surface area is 104 Å². The SMILES string of the molecule is NCC1(C2(O)CCCCCC2)CC2CCC1O2. The minimum atomic E-state index is -0.557. The zero-order valence-electron chi connectivity index (χ0n) is 10.7. The first-order chi connectivity index (χ1) is 8.20. The van der Waals surface area contributed by atoms with Crippen LogP contribution in [-0.2, 0) is 4.74 Å². The van der Waals surface area contributed by atoms with Gasteiger partial charge in [-0.25, -0.2) is 0 Å². The predicted molar refractivity (Wildman–Crippen MR) is 66.7 cm³/mol. The van der Waals surface area contributed by atoms with Crippen LogP contribution < -0.4 is 5.73 Å². The highest BCUT2D eigenvalue weighted by molar-refractivity contribution is 5.11. The summed E-state index contributed by atoms with van der Waals surface area (Å²) in [5, 5.41) is 11.2. The largest absolute Gasteiger partial charge is 0.389 e. The van der Waals surface area contributed by atoms with Crippen molar-refractivity contribution in [3.8, 4) is 0 Å². The summed E-state index contributed by atoms with van der Waals surface area (Å²) in [5.41, 5.74) is 5.39. The van der Waals surface area contributed by atoms with Crippen LogP contribution in [0.3, 0.4) is 0 Å². The van der Waals surface area contributed by atoms with E-state index in [1.54, 1.807) is 0 Å². The third-order valence-electron chi connectivity index (χ3n) is 5.54. The standard InChI is InChI=1S/C14H25NO2/c15-10-13(9-11-5-6-12(13)17-11)14(16)7-3-1-2-4-8-14/h11-12,16H,1-10,15H2. The average Bonchev–Trinajstić information content (AvgIpc) is 2.87. The number of hydrogen-bond acceptors (Lipinski definition) is 3. The van der Waals surface area contributed by atoms with Crippen molar-refractivity contribution < 1.29 is 9.84 Å². The molecule has 0 radical (unpaired) electrons. The molecule has 0 aromatic heterocycles. The summed E-state index contributed by atoms with van der Waals surface area (Å²) in [5.74, 6) is 0. The number of fused-ring (bicyclic) bond motifs is 2. The first-order valence-corrected chi connectivity index (χ1v) is 7.28. The molecule has 2 saturated heterocycles. The molecule has 3 heteroatoms. The molecular formula is C14H25NO2. The zero-order chi connectivity index (χ0) is 11.9. The highest BCUT2D eigenvalue weighted by Gasteiger charge is 2.61. The van der Waals surface area contributed by atoms with Crippen LogP contribution in [0, 0.1) is 5.41 Å². The number of hydrogen-bond donors (Lipinski definition) is 2. The summed E-state index contributed by atoms with van der Waals surface area (Å²) >= 11 is 0. The molecule has 98 valence electrons. The summed E-state index contributed by atoms with van der Waals surface area (Å²) in [6, 6.07) is 0. The molecule has 2 heterocycles. The topological polar surface area (TPSA) is 55.5 Å². The van der Waals surface area contributed by atoms with Gasteiger partial charge in [-0.2, -0.15) is 0 Å². The van der Waals surface area contributed by atoms with Crippen LogP contribution in [-0.4, -0.2) is 29.5 Å². The molecule has 3 rings (SSSR count). The lowest BCUT2D eigenvalue weighted by Gasteiger charge is -2.48. The third-order valence-corrected chi connectivity index (χ3v) is 5.54. The fourth-order valence-corrected chi connectivity index (χ4v) is 4.51. The van der Waals surface area contributed by atoms with Gasteiger partial charge in [-0.1, -0.05) is 25.7 Å². The van der Waals surface area contributed by atoms with Crippen LogP contribution in [0.1, 0.15) is 57.8 Å². The molecule has 3 unspecified atom stereocenters. The fourth-order valence-electron chi connectivity index (χ4n) is 4.51. The lowest BCUT2D eigenvalue weighted by atomic mass is 9.60. The van der Waals surface area contributed by atoms with E-state index in [9.17, 15) is 5.11 Å². The van der Waals surface area contributed by atoms with E-state index in [0.717, 1.165) is 38.5 Å². The molecule has 2 aliphatic heterocycles. The van der Waals surface area contributed by atoms with E-state index in [-0.39, 0.29) is 11.5 Å². The van der Waals surface area contributed by atoms with E-state index in [4.69, 9.17) is 10.5 Å². The summed E-state index contributed by atoms with van der Waals surface area (Å²) in [7, 11) is 0. The smallest absolute Gasteiger partial charge is 0.0741 e. The molecular weight excluding hydrogens is 214 g/mol. The summed E-state index contributed by atoms with van der Waals surface area (Å²) < 4.78 is 6.00. The van der Waals surface area contributed by atoms with Crippen LogP contribution in [0.15, 0.2) is 0 Å². The van der Waals surface area contributed by atoms with Crippen LogP contribution in [0.5, 0.6) is 0 Å². The van der Waals surface area contributed by atoms with Gasteiger partial charge in [-0.15, -0.1) is 0 Å². The monoisotopic (exact) mass is 239 g/mol. The van der Waals surface area contributed by atoms with Crippen molar-refractivity contribution in [1.29, 1.82) is 0 Å². The van der Waals surface area contributed by atoms with Crippen molar-refractivity contribution in [3.05, 3.63) is 0 Å². The Hall–Kier alpha value is -0.120. The second-order valence-electron chi connectivity index (χ2n) is 6.33. The number of rotatable bonds is 2. The van der Waals surface area contributed by atoms with Crippen molar-refractivity contribution in [2.24, 2.45) is 11.1 Å². The Morgan fingerprint density at radius 3 is 2.29 bits per heavy atom. The molecule has 3 nitrogen and oxygen atoms in total. The van der Waals surface area contributed by atoms with Crippen molar-refractivity contribution >= 4 is 0 Å². The molecule has 2 bridgehead atoms. The maximum atomic E-state index is 11.2. The third kappa shape index (κ3) is 1.66. The first kappa shape index (κ1) is 11.9. The van der Waals surface area contributed by atoms with Gasteiger partial charge in [0.05, 0.1) is 17.8 Å². The van der Waals surface area contributed by atoms with Gasteiger partial charge >= 0.3 is 0 Å². The van der Waals surface area contributed by atoms with Gasteiger partial charge in [-0.3, -0.25) is 0 Å². The van der Waals surface area contributed by atoms with Crippen molar-refractivity contribution in [2.45, 2.75) is 75.6 Å². The molecule has 3 N–H and O–H groups in total. The highest BCUT2D eigenvalue weighted by Crippen LogP contribution is 2.56. The van der Waals surface area contributed by atoms with E-state index in [1.807, 2.05) is 0 Å². The van der Waals surface area contributed by atoms with Crippen molar-refractivity contribution in [3.63, 3.8) is 0 Å². The Morgan fingerprint density at radius 1 is 1.12 bits per heavy atom. The summed E-state index contributed by atoms with van der Waals surface area (Å²) in [6.07, 6.45) is 10.5. The van der Waals surface area contributed by atoms with Crippen LogP contribution >= 0.6 is 0 Å². The van der Waals surface area contributed by atoms with Gasteiger partial charge < -0.3 is 15.6 Å². The van der Waals surface area contributed by atoms with Crippen LogP contribution in [0.25, 0.3) is 0 Å². The second kappa shape index (κ2) is 4.22. The minimum absolute atomic E-state index is 0.139. The molecule has 0 amide bonds. The molecule has 0 spiro atoms. The van der Waals surface area contributed by atoms with Gasteiger partial charge in [0.1, 0.15) is 0 Å².